The van der Waals surface area contributed by atoms with Crippen molar-refractivity contribution in [2.75, 3.05) is 6.54 Å². The Morgan fingerprint density at radius 1 is 1.33 bits per heavy atom. The summed E-state index contributed by atoms with van der Waals surface area (Å²) in [6.07, 6.45) is 4.81. The van der Waals surface area contributed by atoms with E-state index in [2.05, 4.69) is 48.0 Å². The van der Waals surface area contributed by atoms with Crippen LogP contribution in [-0.4, -0.2) is 28.4 Å². The highest BCUT2D eigenvalue weighted by Gasteiger charge is 2.28. The maximum atomic E-state index is 12.7. The van der Waals surface area contributed by atoms with Gasteiger partial charge in [-0.1, -0.05) is 44.2 Å². The molecule has 1 atom stereocenters. The van der Waals surface area contributed by atoms with E-state index in [0.29, 0.717) is 18.4 Å². The van der Waals surface area contributed by atoms with Crippen LogP contribution < -0.4 is 0 Å². The van der Waals surface area contributed by atoms with Crippen molar-refractivity contribution in [1.29, 1.82) is 0 Å². The first-order valence-corrected chi connectivity index (χ1v) is 9.79. The third-order valence-corrected chi connectivity index (χ3v) is 5.90. The van der Waals surface area contributed by atoms with Gasteiger partial charge in [0, 0.05) is 23.9 Å². The maximum absolute atomic E-state index is 12.7. The van der Waals surface area contributed by atoms with Gasteiger partial charge in [-0.15, -0.1) is 11.3 Å². The number of hydrogen-bond acceptors (Lipinski definition) is 3. The van der Waals surface area contributed by atoms with E-state index in [1.165, 1.54) is 5.56 Å². The Labute approximate surface area is 148 Å². The third-order valence-electron chi connectivity index (χ3n) is 4.70. The average molecular weight is 343 g/mol. The number of rotatable bonds is 6. The fourth-order valence-electron chi connectivity index (χ4n) is 3.37. The van der Waals surface area contributed by atoms with Crippen molar-refractivity contribution >= 4 is 17.2 Å². The monoisotopic (exact) mass is 342 g/mol. The van der Waals surface area contributed by atoms with Crippen molar-refractivity contribution in [2.24, 2.45) is 0 Å². The molecule has 2 heterocycles. The highest BCUT2D eigenvalue weighted by atomic mass is 32.1. The molecule has 1 saturated heterocycles. The summed E-state index contributed by atoms with van der Waals surface area (Å²) in [5.74, 6) is 0.676. The fraction of sp³-hybridized carbons (Fsp3) is 0.500. The number of aryl methyl sites for hydroxylation is 1. The highest BCUT2D eigenvalue weighted by molar-refractivity contribution is 7.09. The van der Waals surface area contributed by atoms with Crippen LogP contribution in [0.4, 0.5) is 0 Å². The Kier molecular flexibility index (Phi) is 5.67. The summed E-state index contributed by atoms with van der Waals surface area (Å²) < 4.78 is 0. The van der Waals surface area contributed by atoms with Crippen LogP contribution in [0.25, 0.3) is 0 Å². The highest BCUT2D eigenvalue weighted by Crippen LogP contribution is 2.24. The first-order valence-electron chi connectivity index (χ1n) is 8.91. The molecule has 1 aliphatic rings. The zero-order valence-electron chi connectivity index (χ0n) is 14.6. The molecule has 1 aliphatic heterocycles. The van der Waals surface area contributed by atoms with Gasteiger partial charge in [0.05, 0.1) is 17.1 Å². The number of carbonyl (C=O) groups excluding carboxylic acids is 1. The molecule has 2 aromatic rings. The minimum atomic E-state index is 0.242. The molecular formula is C20H26N2OS. The second-order valence-electron chi connectivity index (χ2n) is 6.92. The van der Waals surface area contributed by atoms with Crippen LogP contribution in [0.15, 0.2) is 35.7 Å². The summed E-state index contributed by atoms with van der Waals surface area (Å²) in [6.45, 7) is 5.19. The predicted octanol–water partition coefficient (Wildman–Crippen LogP) is 4.43. The Morgan fingerprint density at radius 3 is 2.83 bits per heavy atom. The zero-order chi connectivity index (χ0) is 16.9. The van der Waals surface area contributed by atoms with Gasteiger partial charge in [0.1, 0.15) is 0 Å². The van der Waals surface area contributed by atoms with E-state index in [1.807, 2.05) is 11.4 Å². The minimum absolute atomic E-state index is 0.242. The lowest BCUT2D eigenvalue weighted by molar-refractivity contribution is -0.131. The Morgan fingerprint density at radius 2 is 2.12 bits per heavy atom. The smallest absolute Gasteiger partial charge is 0.228 e. The van der Waals surface area contributed by atoms with E-state index in [4.69, 9.17) is 0 Å². The molecular weight excluding hydrogens is 316 g/mol. The van der Waals surface area contributed by atoms with Crippen molar-refractivity contribution in [3.63, 3.8) is 0 Å². The van der Waals surface area contributed by atoms with E-state index in [-0.39, 0.29) is 5.91 Å². The molecule has 3 rings (SSSR count). The molecule has 128 valence electrons. The number of benzene rings is 1. The Hall–Kier alpha value is -1.68. The van der Waals surface area contributed by atoms with Crippen LogP contribution in [0.5, 0.6) is 0 Å². The lowest BCUT2D eigenvalue weighted by Gasteiger charge is -2.24. The van der Waals surface area contributed by atoms with E-state index in [9.17, 15) is 4.79 Å². The molecule has 1 unspecified atom stereocenters. The number of hydrogen-bond donors (Lipinski definition) is 0. The molecule has 1 aromatic carbocycles. The van der Waals surface area contributed by atoms with E-state index >= 15 is 0 Å². The van der Waals surface area contributed by atoms with Gasteiger partial charge < -0.3 is 4.90 Å². The molecule has 1 amide bonds. The summed E-state index contributed by atoms with van der Waals surface area (Å²) >= 11 is 1.67. The summed E-state index contributed by atoms with van der Waals surface area (Å²) in [5.41, 5.74) is 2.29. The van der Waals surface area contributed by atoms with Crippen molar-refractivity contribution in [3.05, 3.63) is 52.0 Å². The normalized spacial score (nSPS) is 17.6. The van der Waals surface area contributed by atoms with Gasteiger partial charge in [0.25, 0.3) is 0 Å². The first kappa shape index (κ1) is 17.2. The second kappa shape index (κ2) is 7.93. The summed E-state index contributed by atoms with van der Waals surface area (Å²) in [5, 5.41) is 3.17. The molecule has 1 fully saturated rings. The van der Waals surface area contributed by atoms with Gasteiger partial charge in [-0.25, -0.2) is 4.98 Å². The van der Waals surface area contributed by atoms with Gasteiger partial charge >= 0.3 is 0 Å². The minimum Gasteiger partial charge on any atom is -0.339 e. The molecule has 3 nitrogen and oxygen atoms in total. The summed E-state index contributed by atoms with van der Waals surface area (Å²) in [7, 11) is 0. The van der Waals surface area contributed by atoms with Crippen LogP contribution in [0, 0.1) is 0 Å². The molecule has 0 N–H and O–H groups in total. The SMILES string of the molecule is CC(C)c1nc(CC(=O)N2CCCC2CCc2ccccc2)cs1. The zero-order valence-corrected chi connectivity index (χ0v) is 15.4. The summed E-state index contributed by atoms with van der Waals surface area (Å²) in [4.78, 5) is 19.4. The van der Waals surface area contributed by atoms with Crippen molar-refractivity contribution in [1.82, 2.24) is 9.88 Å². The standard InChI is InChI=1S/C20H26N2OS/c1-15(2)20-21-17(14-24-20)13-19(23)22-12-6-9-18(22)11-10-16-7-4-3-5-8-16/h3-5,7-8,14-15,18H,6,9-13H2,1-2H3. The molecule has 0 saturated carbocycles. The fourth-order valence-corrected chi connectivity index (χ4v) is 4.20. The number of thiazole rings is 1. The lowest BCUT2D eigenvalue weighted by Crippen LogP contribution is -2.36. The number of amides is 1. The lowest BCUT2D eigenvalue weighted by atomic mass is 10.0. The van der Waals surface area contributed by atoms with E-state index < -0.39 is 0 Å². The van der Waals surface area contributed by atoms with Gasteiger partial charge in [0.15, 0.2) is 0 Å². The summed E-state index contributed by atoms with van der Waals surface area (Å²) in [6, 6.07) is 10.9. The molecule has 0 radical (unpaired) electrons. The molecule has 4 heteroatoms. The number of likely N-dealkylation sites (tertiary alicyclic amines) is 1. The quantitative estimate of drug-likeness (QED) is 0.778. The average Bonchev–Trinajstić information content (AvgIpc) is 3.23. The van der Waals surface area contributed by atoms with E-state index in [0.717, 1.165) is 42.9 Å². The number of nitrogens with zero attached hydrogens (tertiary/aromatic N) is 2. The Bertz CT molecular complexity index is 665. The molecule has 0 aliphatic carbocycles. The van der Waals surface area contributed by atoms with Crippen LogP contribution in [0.2, 0.25) is 0 Å². The molecule has 0 spiro atoms. The second-order valence-corrected chi connectivity index (χ2v) is 7.81. The van der Waals surface area contributed by atoms with Crippen molar-refractivity contribution in [3.8, 4) is 0 Å². The van der Waals surface area contributed by atoms with Gasteiger partial charge in [-0.05, 0) is 31.2 Å². The van der Waals surface area contributed by atoms with Gasteiger partial charge in [0.2, 0.25) is 5.91 Å². The topological polar surface area (TPSA) is 33.2 Å². The van der Waals surface area contributed by atoms with Crippen LogP contribution >= 0.6 is 11.3 Å². The van der Waals surface area contributed by atoms with Crippen LogP contribution in [0.3, 0.4) is 0 Å². The molecule has 1 aromatic heterocycles. The van der Waals surface area contributed by atoms with E-state index in [1.54, 1.807) is 11.3 Å². The maximum Gasteiger partial charge on any atom is 0.228 e. The molecule has 0 bridgehead atoms. The van der Waals surface area contributed by atoms with Crippen molar-refractivity contribution < 1.29 is 4.79 Å². The Balaban J connectivity index is 1.56. The van der Waals surface area contributed by atoms with Gasteiger partial charge in [-0.3, -0.25) is 4.79 Å². The largest absolute Gasteiger partial charge is 0.339 e. The van der Waals surface area contributed by atoms with Gasteiger partial charge in [-0.2, -0.15) is 0 Å². The first-order chi connectivity index (χ1) is 11.6. The van der Waals surface area contributed by atoms with Crippen molar-refractivity contribution in [2.45, 2.75) is 57.9 Å². The molecule has 24 heavy (non-hydrogen) atoms. The van der Waals surface area contributed by atoms with Crippen LogP contribution in [-0.2, 0) is 17.6 Å². The predicted molar refractivity (Wildman–Crippen MR) is 99.4 cm³/mol. The number of aromatic nitrogens is 1. The number of carbonyl (C=O) groups is 1. The van der Waals surface area contributed by atoms with Crippen LogP contribution in [0.1, 0.15) is 55.3 Å². The third kappa shape index (κ3) is 4.23.